The first-order chi connectivity index (χ1) is 10.6. The lowest BCUT2D eigenvalue weighted by atomic mass is 9.99. The molecule has 2 aromatic carbocycles. The molecule has 1 unspecified atom stereocenters. The van der Waals surface area contributed by atoms with E-state index >= 15 is 0 Å². The minimum absolute atomic E-state index is 0.0269. The van der Waals surface area contributed by atoms with Gasteiger partial charge in [0.25, 0.3) is 0 Å². The predicted octanol–water partition coefficient (Wildman–Crippen LogP) is 4.88. The predicted molar refractivity (Wildman–Crippen MR) is 92.1 cm³/mol. The van der Waals surface area contributed by atoms with Gasteiger partial charge in [0.1, 0.15) is 0 Å². The summed E-state index contributed by atoms with van der Waals surface area (Å²) in [6, 6.07) is 15.7. The Bertz CT molecular complexity index is 870. The Morgan fingerprint density at radius 2 is 1.77 bits per heavy atom. The summed E-state index contributed by atoms with van der Waals surface area (Å²) in [5, 5.41) is 4.59. The molecule has 110 valence electrons. The van der Waals surface area contributed by atoms with E-state index in [1.54, 1.807) is 0 Å². The summed E-state index contributed by atoms with van der Waals surface area (Å²) in [5.74, 6) is 0. The average Bonchev–Trinajstić information content (AvgIpc) is 2.99. The molecule has 0 bridgehead atoms. The van der Waals surface area contributed by atoms with Crippen LogP contribution in [0, 0.1) is 0 Å². The van der Waals surface area contributed by atoms with Crippen LogP contribution in [0.2, 0.25) is 10.0 Å². The molecule has 5 heteroatoms. The van der Waals surface area contributed by atoms with Gasteiger partial charge in [-0.1, -0.05) is 41.4 Å². The van der Waals surface area contributed by atoms with Gasteiger partial charge in [0.2, 0.25) is 0 Å². The number of aromatic nitrogens is 1. The third-order valence-electron chi connectivity index (χ3n) is 3.98. The zero-order valence-electron chi connectivity index (χ0n) is 11.6. The number of halogens is 2. The highest BCUT2D eigenvalue weighted by Gasteiger charge is 2.26. The van der Waals surface area contributed by atoms with Crippen molar-refractivity contribution in [1.29, 1.82) is 0 Å². The molecule has 0 saturated carbocycles. The fraction of sp³-hybridized carbons (Fsp3) is 0.0588. The molecule has 1 aliphatic heterocycles. The second kappa shape index (κ2) is 4.97. The van der Waals surface area contributed by atoms with E-state index < -0.39 is 0 Å². The van der Waals surface area contributed by atoms with Crippen LogP contribution in [-0.2, 0) is 0 Å². The van der Waals surface area contributed by atoms with Crippen LogP contribution in [0.3, 0.4) is 0 Å². The fourth-order valence-electron chi connectivity index (χ4n) is 2.94. The average molecular weight is 330 g/mol. The first-order valence-electron chi connectivity index (χ1n) is 6.93. The van der Waals surface area contributed by atoms with E-state index in [9.17, 15) is 0 Å². The molecule has 22 heavy (non-hydrogen) atoms. The number of fused-ring (bicyclic) bond motifs is 3. The Labute approximate surface area is 138 Å². The molecule has 0 saturated heterocycles. The van der Waals surface area contributed by atoms with Crippen molar-refractivity contribution < 1.29 is 0 Å². The molecular weight excluding hydrogens is 317 g/mol. The van der Waals surface area contributed by atoms with Gasteiger partial charge < -0.3 is 15.6 Å². The highest BCUT2D eigenvalue weighted by atomic mass is 35.5. The number of anilines is 2. The van der Waals surface area contributed by atoms with Gasteiger partial charge in [-0.25, -0.2) is 0 Å². The van der Waals surface area contributed by atoms with E-state index in [2.05, 4.69) is 16.0 Å². The Kier molecular flexibility index (Phi) is 3.06. The van der Waals surface area contributed by atoms with Crippen molar-refractivity contribution in [2.24, 2.45) is 0 Å². The van der Waals surface area contributed by atoms with Crippen LogP contribution in [0.1, 0.15) is 17.3 Å². The van der Waals surface area contributed by atoms with Crippen molar-refractivity contribution in [1.82, 2.24) is 4.57 Å². The van der Waals surface area contributed by atoms with Crippen molar-refractivity contribution in [2.75, 3.05) is 11.1 Å². The maximum atomic E-state index is 6.17. The molecule has 0 spiro atoms. The molecule has 0 aliphatic carbocycles. The number of nitrogens with one attached hydrogen (secondary N) is 1. The Morgan fingerprint density at radius 1 is 1.00 bits per heavy atom. The molecule has 3 aromatic rings. The van der Waals surface area contributed by atoms with Crippen molar-refractivity contribution in [3.05, 3.63) is 76.0 Å². The molecule has 3 N–H and O–H groups in total. The largest absolute Gasteiger partial charge is 0.398 e. The van der Waals surface area contributed by atoms with E-state index in [1.165, 1.54) is 0 Å². The van der Waals surface area contributed by atoms with Gasteiger partial charge in [-0.2, -0.15) is 0 Å². The van der Waals surface area contributed by atoms with Crippen LogP contribution in [0.25, 0.3) is 5.69 Å². The van der Waals surface area contributed by atoms with Gasteiger partial charge in [0.05, 0.1) is 27.5 Å². The molecule has 4 rings (SSSR count). The first kappa shape index (κ1) is 13.6. The number of nitrogen functional groups attached to an aromatic ring is 1. The van der Waals surface area contributed by atoms with Crippen LogP contribution >= 0.6 is 23.2 Å². The van der Waals surface area contributed by atoms with E-state index in [0.717, 1.165) is 28.3 Å². The van der Waals surface area contributed by atoms with Gasteiger partial charge in [-0.15, -0.1) is 0 Å². The molecule has 1 atom stereocenters. The fourth-order valence-corrected chi connectivity index (χ4v) is 3.26. The van der Waals surface area contributed by atoms with Gasteiger partial charge in [0, 0.05) is 23.1 Å². The summed E-state index contributed by atoms with van der Waals surface area (Å²) in [4.78, 5) is 0. The van der Waals surface area contributed by atoms with E-state index in [4.69, 9.17) is 28.9 Å². The molecule has 0 fully saturated rings. The molecule has 2 heterocycles. The lowest BCUT2D eigenvalue weighted by Gasteiger charge is -2.30. The third kappa shape index (κ3) is 1.97. The van der Waals surface area contributed by atoms with Crippen LogP contribution in [0.5, 0.6) is 0 Å². The number of nitrogens with zero attached hydrogens (tertiary/aromatic N) is 1. The van der Waals surface area contributed by atoms with E-state index in [1.807, 2.05) is 48.7 Å². The minimum atomic E-state index is -0.0269. The quantitative estimate of drug-likeness (QED) is 0.625. The number of para-hydroxylation sites is 1. The topological polar surface area (TPSA) is 43.0 Å². The van der Waals surface area contributed by atoms with E-state index in [0.29, 0.717) is 10.0 Å². The highest BCUT2D eigenvalue weighted by Crippen LogP contribution is 2.41. The van der Waals surface area contributed by atoms with Gasteiger partial charge >= 0.3 is 0 Å². The number of rotatable bonds is 1. The zero-order chi connectivity index (χ0) is 15.3. The van der Waals surface area contributed by atoms with Gasteiger partial charge in [0.15, 0.2) is 0 Å². The molecule has 1 aliphatic rings. The standard InChI is InChI=1S/C17H13Cl2N3/c18-11-8-14-16(9-12(11)19)22-7-3-6-15(22)17(21-14)10-4-1-2-5-13(10)20/h1-9,17,21H,20H2. The zero-order valence-corrected chi connectivity index (χ0v) is 13.1. The number of hydrogen-bond acceptors (Lipinski definition) is 2. The number of benzene rings is 2. The maximum Gasteiger partial charge on any atom is 0.0943 e. The Balaban J connectivity index is 1.92. The monoisotopic (exact) mass is 329 g/mol. The van der Waals surface area contributed by atoms with Crippen molar-refractivity contribution in [2.45, 2.75) is 6.04 Å². The molecule has 1 aromatic heterocycles. The first-order valence-corrected chi connectivity index (χ1v) is 7.68. The van der Waals surface area contributed by atoms with Crippen molar-refractivity contribution >= 4 is 34.6 Å². The summed E-state index contributed by atoms with van der Waals surface area (Å²) in [6.07, 6.45) is 2.02. The van der Waals surface area contributed by atoms with Crippen LogP contribution in [0.4, 0.5) is 11.4 Å². The van der Waals surface area contributed by atoms with Crippen LogP contribution in [-0.4, -0.2) is 4.57 Å². The lowest BCUT2D eigenvalue weighted by molar-refractivity contribution is 0.812. The van der Waals surface area contributed by atoms with E-state index in [-0.39, 0.29) is 6.04 Å². The smallest absolute Gasteiger partial charge is 0.0943 e. The highest BCUT2D eigenvalue weighted by molar-refractivity contribution is 6.42. The molecule has 0 radical (unpaired) electrons. The SMILES string of the molecule is Nc1ccccc1C1Nc2cc(Cl)c(Cl)cc2-n2cccc21. The molecule has 3 nitrogen and oxygen atoms in total. The van der Waals surface area contributed by atoms with Crippen molar-refractivity contribution in [3.8, 4) is 5.69 Å². The van der Waals surface area contributed by atoms with Gasteiger partial charge in [-0.3, -0.25) is 0 Å². The second-order valence-corrected chi connectivity index (χ2v) is 6.11. The Hall–Kier alpha value is -2.10. The summed E-state index contributed by atoms with van der Waals surface area (Å²) >= 11 is 12.3. The maximum absolute atomic E-state index is 6.17. The third-order valence-corrected chi connectivity index (χ3v) is 4.70. The van der Waals surface area contributed by atoms with Gasteiger partial charge in [-0.05, 0) is 30.3 Å². The van der Waals surface area contributed by atoms with Crippen LogP contribution in [0.15, 0.2) is 54.7 Å². The van der Waals surface area contributed by atoms with Crippen molar-refractivity contribution in [3.63, 3.8) is 0 Å². The Morgan fingerprint density at radius 3 is 2.59 bits per heavy atom. The summed E-state index contributed by atoms with van der Waals surface area (Å²) in [6.45, 7) is 0. The second-order valence-electron chi connectivity index (χ2n) is 5.29. The summed E-state index contributed by atoms with van der Waals surface area (Å²) in [7, 11) is 0. The number of hydrogen-bond donors (Lipinski definition) is 2. The van der Waals surface area contributed by atoms with Crippen LogP contribution < -0.4 is 11.1 Å². The normalized spacial score (nSPS) is 15.8. The summed E-state index contributed by atoms with van der Waals surface area (Å²) in [5.41, 5.74) is 11.0. The summed E-state index contributed by atoms with van der Waals surface area (Å²) < 4.78 is 2.12. The minimum Gasteiger partial charge on any atom is -0.398 e. The molecular formula is C17H13Cl2N3. The lowest BCUT2D eigenvalue weighted by Crippen LogP contribution is -2.22. The number of nitrogens with two attached hydrogens (primary N) is 1. The molecule has 0 amide bonds.